The second-order valence-electron chi connectivity index (χ2n) is 11.7. The Morgan fingerprint density at radius 1 is 1.21 bits per heavy atom. The lowest BCUT2D eigenvalue weighted by molar-refractivity contribution is -0.385. The molecule has 226 valence electrons. The van der Waals surface area contributed by atoms with Crippen LogP contribution in [0, 0.1) is 39.1 Å². The van der Waals surface area contributed by atoms with Crippen molar-refractivity contribution in [2.75, 3.05) is 6.54 Å². The van der Waals surface area contributed by atoms with Crippen molar-refractivity contribution in [2.45, 2.75) is 64.5 Å². The number of carbonyl (C=O) groups excluding carboxylic acids is 2. The van der Waals surface area contributed by atoms with Gasteiger partial charge in [-0.1, -0.05) is 24.3 Å². The van der Waals surface area contributed by atoms with Crippen molar-refractivity contribution in [1.29, 1.82) is 5.26 Å². The number of nitrogens with zero attached hydrogens (tertiary/aromatic N) is 3. The fourth-order valence-electron chi connectivity index (χ4n) is 5.19. The van der Waals surface area contributed by atoms with E-state index in [0.29, 0.717) is 42.0 Å². The number of hydrogen-bond donors (Lipinski definition) is 3. The fourth-order valence-corrected chi connectivity index (χ4v) is 5.19. The predicted molar refractivity (Wildman–Crippen MR) is 156 cm³/mol. The minimum Gasteiger partial charge on any atom is -0.444 e. The highest BCUT2D eigenvalue weighted by molar-refractivity contribution is 5.79. The third-order valence-corrected chi connectivity index (χ3v) is 7.41. The summed E-state index contributed by atoms with van der Waals surface area (Å²) in [5.74, 6) is -0.545. The van der Waals surface area contributed by atoms with E-state index in [4.69, 9.17) is 10.00 Å². The molecule has 1 aliphatic carbocycles. The van der Waals surface area contributed by atoms with Gasteiger partial charge < -0.3 is 20.4 Å². The summed E-state index contributed by atoms with van der Waals surface area (Å²) < 4.78 is 19.6. The molecule has 11 nitrogen and oxygen atoms in total. The number of aromatic nitrogens is 2. The van der Waals surface area contributed by atoms with Crippen LogP contribution in [0.25, 0.3) is 11.3 Å². The minimum atomic E-state index is -0.725. The Morgan fingerprint density at radius 3 is 2.58 bits per heavy atom. The first-order valence-corrected chi connectivity index (χ1v) is 14.2. The molecule has 1 fully saturated rings. The summed E-state index contributed by atoms with van der Waals surface area (Å²) in [5.41, 5.74) is 0.629. The van der Waals surface area contributed by atoms with Crippen LogP contribution < -0.4 is 10.6 Å². The predicted octanol–water partition coefficient (Wildman–Crippen LogP) is 5.73. The zero-order valence-electron chi connectivity index (χ0n) is 24.4. The molecule has 12 heteroatoms. The number of nitro groups is 1. The normalized spacial score (nSPS) is 17.4. The molecule has 0 bridgehead atoms. The minimum absolute atomic E-state index is 0.0688. The number of alkyl carbamates (subject to hydrolysis) is 1. The van der Waals surface area contributed by atoms with E-state index >= 15 is 0 Å². The number of H-pyrrole nitrogens is 1. The molecule has 1 aliphatic rings. The number of hydrogen-bond acceptors (Lipinski definition) is 7. The van der Waals surface area contributed by atoms with Crippen molar-refractivity contribution in [3.63, 3.8) is 0 Å². The van der Waals surface area contributed by atoms with Crippen LogP contribution in [0.4, 0.5) is 14.9 Å². The third kappa shape index (κ3) is 8.38. The SMILES string of the molecule is CC(C)(C)OC(=O)NCC1CCC(C(=O)N[C@@H](Cc2ccccc2[N+](=O)[O-])c2ncc(-c3ccc(C#N)c(F)c3)[nH]2)CC1. The molecule has 1 saturated carbocycles. The van der Waals surface area contributed by atoms with Gasteiger partial charge in [0.15, 0.2) is 0 Å². The number of nitriles is 1. The number of ether oxygens (including phenoxy) is 1. The van der Waals surface area contributed by atoms with Crippen LogP contribution in [0.3, 0.4) is 0 Å². The second kappa shape index (κ2) is 13.5. The highest BCUT2D eigenvalue weighted by atomic mass is 19.1. The van der Waals surface area contributed by atoms with E-state index < -0.39 is 28.5 Å². The van der Waals surface area contributed by atoms with E-state index in [1.165, 1.54) is 24.4 Å². The highest BCUT2D eigenvalue weighted by Gasteiger charge is 2.30. The van der Waals surface area contributed by atoms with E-state index in [-0.39, 0.29) is 35.4 Å². The Balaban J connectivity index is 1.47. The maximum absolute atomic E-state index is 14.3. The lowest BCUT2D eigenvalue weighted by Gasteiger charge is -2.29. The number of nitrogens with one attached hydrogen (secondary N) is 3. The van der Waals surface area contributed by atoms with Gasteiger partial charge in [0.05, 0.1) is 28.4 Å². The number of aromatic amines is 1. The maximum Gasteiger partial charge on any atom is 0.407 e. The van der Waals surface area contributed by atoms with Crippen molar-refractivity contribution in [3.8, 4) is 17.3 Å². The van der Waals surface area contributed by atoms with E-state index in [1.807, 2.05) is 0 Å². The van der Waals surface area contributed by atoms with Gasteiger partial charge in [-0.2, -0.15) is 5.26 Å². The van der Waals surface area contributed by atoms with Crippen LogP contribution in [0.15, 0.2) is 48.7 Å². The van der Waals surface area contributed by atoms with E-state index in [1.54, 1.807) is 51.1 Å². The van der Waals surface area contributed by atoms with Crippen LogP contribution in [-0.2, 0) is 16.0 Å². The van der Waals surface area contributed by atoms with Crippen molar-refractivity contribution in [3.05, 3.63) is 81.5 Å². The van der Waals surface area contributed by atoms with Gasteiger partial charge in [0.2, 0.25) is 5.91 Å². The lowest BCUT2D eigenvalue weighted by Crippen LogP contribution is -2.39. The summed E-state index contributed by atoms with van der Waals surface area (Å²) in [6, 6.07) is 11.6. The van der Waals surface area contributed by atoms with Crippen LogP contribution in [0.2, 0.25) is 0 Å². The molecule has 2 amide bonds. The molecule has 0 spiro atoms. The summed E-state index contributed by atoms with van der Waals surface area (Å²) in [6.07, 6.45) is 3.88. The number of halogens is 1. The molecule has 1 aromatic heterocycles. The topological polar surface area (TPSA) is 163 Å². The Morgan fingerprint density at radius 2 is 1.93 bits per heavy atom. The summed E-state index contributed by atoms with van der Waals surface area (Å²) in [5, 5.41) is 26.6. The molecule has 0 unspecified atom stereocenters. The molecule has 1 atom stereocenters. The number of imidazole rings is 1. The van der Waals surface area contributed by atoms with Crippen LogP contribution in [0.5, 0.6) is 0 Å². The number of carbonyl (C=O) groups is 2. The van der Waals surface area contributed by atoms with Gasteiger partial charge in [-0.25, -0.2) is 14.2 Å². The average Bonchev–Trinajstić information content (AvgIpc) is 3.46. The number of nitro benzene ring substituents is 1. The summed E-state index contributed by atoms with van der Waals surface area (Å²) in [4.78, 5) is 44.2. The summed E-state index contributed by atoms with van der Waals surface area (Å²) >= 11 is 0. The fraction of sp³-hybridized carbons (Fsp3) is 0.419. The molecule has 4 rings (SSSR count). The van der Waals surface area contributed by atoms with Crippen LogP contribution in [0.1, 0.15) is 69.4 Å². The first kappa shape index (κ1) is 31.2. The molecule has 1 heterocycles. The zero-order chi connectivity index (χ0) is 31.1. The molecule has 2 aromatic carbocycles. The van der Waals surface area contributed by atoms with E-state index in [9.17, 15) is 24.1 Å². The standard InChI is InChI=1S/C31H35FN6O5/c1-31(2,3)43-30(40)35-17-19-8-10-20(11-9-19)29(39)37-25(15-22-6-4-5-7-27(22)38(41)42)28-34-18-26(36-28)21-12-13-23(16-33)24(32)14-21/h4-7,12-14,18-20,25H,8-11,15,17H2,1-3H3,(H,34,36)(H,35,40)(H,37,39)/t19?,20?,25-/m0/s1. The van der Waals surface area contributed by atoms with Crippen molar-refractivity contribution in [1.82, 2.24) is 20.6 Å². The number of rotatable bonds is 9. The van der Waals surface area contributed by atoms with Gasteiger partial charge in [0.1, 0.15) is 23.3 Å². The maximum atomic E-state index is 14.3. The van der Waals surface area contributed by atoms with Gasteiger partial charge in [-0.05, 0) is 64.5 Å². The molecule has 0 saturated heterocycles. The van der Waals surface area contributed by atoms with E-state index in [0.717, 1.165) is 12.8 Å². The quantitative estimate of drug-likeness (QED) is 0.212. The Labute approximate surface area is 249 Å². The summed E-state index contributed by atoms with van der Waals surface area (Å²) in [7, 11) is 0. The smallest absolute Gasteiger partial charge is 0.407 e. The first-order valence-electron chi connectivity index (χ1n) is 14.2. The molecule has 0 radical (unpaired) electrons. The molecular weight excluding hydrogens is 555 g/mol. The molecule has 3 N–H and O–H groups in total. The third-order valence-electron chi connectivity index (χ3n) is 7.41. The van der Waals surface area contributed by atoms with Gasteiger partial charge in [0.25, 0.3) is 5.69 Å². The number of para-hydroxylation sites is 1. The largest absolute Gasteiger partial charge is 0.444 e. The Bertz CT molecular complexity index is 1520. The number of amides is 2. The van der Waals surface area contributed by atoms with E-state index in [2.05, 4.69) is 20.6 Å². The molecule has 0 aliphatic heterocycles. The Kier molecular flexibility index (Phi) is 9.75. The number of benzene rings is 2. The highest BCUT2D eigenvalue weighted by Crippen LogP contribution is 2.31. The second-order valence-corrected chi connectivity index (χ2v) is 11.7. The van der Waals surface area contributed by atoms with Gasteiger partial charge in [-0.15, -0.1) is 0 Å². The van der Waals surface area contributed by atoms with Crippen LogP contribution in [-0.4, -0.2) is 39.0 Å². The summed E-state index contributed by atoms with van der Waals surface area (Å²) in [6.45, 7) is 5.87. The van der Waals surface area contributed by atoms with Gasteiger partial charge in [-0.3, -0.25) is 14.9 Å². The van der Waals surface area contributed by atoms with Gasteiger partial charge in [0, 0.05) is 36.1 Å². The zero-order valence-corrected chi connectivity index (χ0v) is 24.4. The molecule has 3 aromatic rings. The van der Waals surface area contributed by atoms with Crippen LogP contribution >= 0.6 is 0 Å². The first-order chi connectivity index (χ1) is 20.4. The molecule has 43 heavy (non-hydrogen) atoms. The monoisotopic (exact) mass is 590 g/mol. The lowest BCUT2D eigenvalue weighted by atomic mass is 9.81. The Hall–Kier alpha value is -4.79. The molecular formula is C31H35FN6O5. The van der Waals surface area contributed by atoms with Crippen molar-refractivity contribution < 1.29 is 23.6 Å². The van der Waals surface area contributed by atoms with Crippen molar-refractivity contribution in [2.24, 2.45) is 11.8 Å². The van der Waals surface area contributed by atoms with Crippen molar-refractivity contribution >= 4 is 17.7 Å². The van der Waals surface area contributed by atoms with Gasteiger partial charge >= 0.3 is 6.09 Å². The average molecular weight is 591 g/mol.